The van der Waals surface area contributed by atoms with Crippen molar-refractivity contribution < 1.29 is 0 Å². The zero-order valence-corrected chi connectivity index (χ0v) is 13.8. The first-order valence-corrected chi connectivity index (χ1v) is 7.97. The molecular weight excluding hydrogens is 318 g/mol. The van der Waals surface area contributed by atoms with Crippen molar-refractivity contribution in [2.45, 2.75) is 19.9 Å². The molecule has 4 rings (SSSR count). The highest BCUT2D eigenvalue weighted by atomic mass is 16.1. The van der Waals surface area contributed by atoms with E-state index in [-0.39, 0.29) is 11.6 Å². The molecule has 25 heavy (non-hydrogen) atoms. The van der Waals surface area contributed by atoms with E-state index >= 15 is 0 Å². The van der Waals surface area contributed by atoms with Crippen molar-refractivity contribution in [2.24, 2.45) is 0 Å². The third-order valence-electron chi connectivity index (χ3n) is 3.97. The van der Waals surface area contributed by atoms with Gasteiger partial charge in [-0.05, 0) is 38.1 Å². The Balaban J connectivity index is 1.74. The van der Waals surface area contributed by atoms with Gasteiger partial charge in [0.25, 0.3) is 5.56 Å². The molecule has 0 radical (unpaired) electrons. The van der Waals surface area contributed by atoms with E-state index in [0.29, 0.717) is 28.4 Å². The predicted molar refractivity (Wildman–Crippen MR) is 95.8 cm³/mol. The van der Waals surface area contributed by atoms with Gasteiger partial charge in [-0.25, -0.2) is 4.98 Å². The second-order valence-electron chi connectivity index (χ2n) is 6.00. The Morgan fingerprint density at radius 3 is 2.80 bits per heavy atom. The van der Waals surface area contributed by atoms with Gasteiger partial charge in [0.1, 0.15) is 17.8 Å². The summed E-state index contributed by atoms with van der Waals surface area (Å²) in [6.45, 7) is 4.13. The van der Waals surface area contributed by atoms with E-state index in [9.17, 15) is 4.79 Å². The third kappa shape index (κ3) is 2.67. The van der Waals surface area contributed by atoms with Crippen LogP contribution in [0.25, 0.3) is 22.4 Å². The van der Waals surface area contributed by atoms with E-state index in [1.807, 2.05) is 41.0 Å². The summed E-state index contributed by atoms with van der Waals surface area (Å²) in [4.78, 5) is 16.6. The second kappa shape index (κ2) is 5.90. The molecule has 4 aromatic rings. The number of fused-ring (bicyclic) bond motifs is 1. The summed E-state index contributed by atoms with van der Waals surface area (Å²) in [6, 6.07) is 11.4. The number of rotatable bonds is 4. The van der Waals surface area contributed by atoms with Crippen molar-refractivity contribution >= 4 is 22.4 Å². The predicted octanol–water partition coefficient (Wildman–Crippen LogP) is 2.83. The van der Waals surface area contributed by atoms with E-state index < -0.39 is 0 Å². The lowest BCUT2D eigenvalue weighted by Crippen LogP contribution is -2.04. The van der Waals surface area contributed by atoms with E-state index in [0.717, 1.165) is 5.52 Å². The molecule has 0 saturated carbocycles. The quantitative estimate of drug-likeness (QED) is 0.532. The first-order valence-electron chi connectivity index (χ1n) is 7.97. The summed E-state index contributed by atoms with van der Waals surface area (Å²) in [7, 11) is 0. The number of aromatic nitrogens is 6. The summed E-state index contributed by atoms with van der Waals surface area (Å²) in [5.74, 6) is 1.33. The minimum absolute atomic E-state index is 0.172. The molecule has 0 unspecified atom stereocenters. The molecule has 0 atom stereocenters. The fourth-order valence-electron chi connectivity index (χ4n) is 2.76. The molecule has 0 amide bonds. The van der Waals surface area contributed by atoms with Gasteiger partial charge >= 0.3 is 0 Å². The summed E-state index contributed by atoms with van der Waals surface area (Å²) < 4.78 is 1.96. The van der Waals surface area contributed by atoms with E-state index in [2.05, 4.69) is 44.5 Å². The van der Waals surface area contributed by atoms with Crippen LogP contribution >= 0.6 is 0 Å². The van der Waals surface area contributed by atoms with Gasteiger partial charge in [-0.3, -0.25) is 15.0 Å². The van der Waals surface area contributed by atoms with Gasteiger partial charge in [-0.1, -0.05) is 12.1 Å². The fourth-order valence-corrected chi connectivity index (χ4v) is 2.76. The lowest BCUT2D eigenvalue weighted by molar-refractivity contribution is 0.603. The van der Waals surface area contributed by atoms with E-state index in [4.69, 9.17) is 0 Å². The molecule has 0 bridgehead atoms. The number of hydrogen-bond acceptors (Lipinski definition) is 5. The van der Waals surface area contributed by atoms with Crippen molar-refractivity contribution in [1.82, 2.24) is 29.9 Å². The number of nitrogens with zero attached hydrogens (tertiary/aromatic N) is 4. The zero-order valence-electron chi connectivity index (χ0n) is 13.8. The summed E-state index contributed by atoms with van der Waals surface area (Å²) in [5.41, 5.74) is 1.97. The number of benzene rings is 1. The van der Waals surface area contributed by atoms with Crippen LogP contribution in [-0.4, -0.2) is 29.9 Å². The molecule has 3 aromatic heterocycles. The van der Waals surface area contributed by atoms with Crippen LogP contribution in [0.3, 0.4) is 0 Å². The summed E-state index contributed by atoms with van der Waals surface area (Å²) in [5, 5.41) is 17.4. The minimum atomic E-state index is -0.172. The third-order valence-corrected chi connectivity index (χ3v) is 3.97. The molecule has 8 nitrogen and oxygen atoms in total. The maximum absolute atomic E-state index is 12.0. The van der Waals surface area contributed by atoms with Gasteiger partial charge < -0.3 is 9.88 Å². The number of aromatic amines is 2. The zero-order chi connectivity index (χ0) is 17.4. The van der Waals surface area contributed by atoms with Crippen molar-refractivity contribution in [3.05, 3.63) is 53.1 Å². The first kappa shape index (κ1) is 15.1. The Morgan fingerprint density at radius 1 is 1.12 bits per heavy atom. The first-order chi connectivity index (χ1) is 12.1. The van der Waals surface area contributed by atoms with E-state index in [1.165, 1.54) is 0 Å². The van der Waals surface area contributed by atoms with Gasteiger partial charge in [0, 0.05) is 6.04 Å². The van der Waals surface area contributed by atoms with Gasteiger partial charge in [0.05, 0.1) is 16.6 Å². The van der Waals surface area contributed by atoms with Crippen LogP contribution < -0.4 is 10.9 Å². The van der Waals surface area contributed by atoms with Crippen LogP contribution in [0.2, 0.25) is 0 Å². The molecule has 0 aliphatic rings. The van der Waals surface area contributed by atoms with Gasteiger partial charge in [-0.2, -0.15) is 0 Å². The number of H-pyrrole nitrogens is 2. The maximum Gasteiger partial charge on any atom is 0.273 e. The normalized spacial score (nSPS) is 11.3. The van der Waals surface area contributed by atoms with Gasteiger partial charge in [-0.15, -0.1) is 10.2 Å². The molecular formula is C17H17N7O. The van der Waals surface area contributed by atoms with Crippen molar-refractivity contribution in [2.75, 3.05) is 5.32 Å². The highest BCUT2D eigenvalue weighted by molar-refractivity contribution is 5.92. The Morgan fingerprint density at radius 2 is 1.96 bits per heavy atom. The summed E-state index contributed by atoms with van der Waals surface area (Å²) >= 11 is 0. The lowest BCUT2D eigenvalue weighted by Gasteiger charge is -2.11. The molecule has 0 spiro atoms. The Kier molecular flexibility index (Phi) is 3.57. The standard InChI is InChI=1S/C17H17N7O/c1-10(2)24-9-18-22-16(24)13-7-4-8-14(20-13)19-11-5-3-6-12-15(11)17(25)23-21-12/h3-10H,1-2H3,(H,19,20)(H2,21,23,25). The van der Waals surface area contributed by atoms with Crippen LogP contribution in [0.1, 0.15) is 19.9 Å². The smallest absolute Gasteiger partial charge is 0.273 e. The largest absolute Gasteiger partial charge is 0.339 e. The molecule has 8 heteroatoms. The Hall–Kier alpha value is -3.42. The molecule has 1 aromatic carbocycles. The van der Waals surface area contributed by atoms with Gasteiger partial charge in [0.2, 0.25) is 0 Å². The fraction of sp³-hybridized carbons (Fsp3) is 0.176. The van der Waals surface area contributed by atoms with Crippen LogP contribution in [0.15, 0.2) is 47.5 Å². The molecule has 3 N–H and O–H groups in total. The number of hydrogen-bond donors (Lipinski definition) is 3. The Labute approximate surface area is 142 Å². The SMILES string of the molecule is CC(C)n1cnnc1-c1cccc(Nc2cccc3[nH][nH]c(=O)c23)n1. The average Bonchev–Trinajstić information content (AvgIpc) is 3.23. The highest BCUT2D eigenvalue weighted by Crippen LogP contribution is 2.24. The monoisotopic (exact) mass is 335 g/mol. The Bertz CT molecular complexity index is 1090. The maximum atomic E-state index is 12.0. The lowest BCUT2D eigenvalue weighted by atomic mass is 10.2. The number of pyridine rings is 1. The number of nitrogens with one attached hydrogen (secondary N) is 3. The molecule has 0 saturated heterocycles. The van der Waals surface area contributed by atoms with Crippen LogP contribution in [0.5, 0.6) is 0 Å². The van der Waals surface area contributed by atoms with Gasteiger partial charge in [0.15, 0.2) is 5.82 Å². The van der Waals surface area contributed by atoms with Crippen molar-refractivity contribution in [3.63, 3.8) is 0 Å². The molecule has 0 aliphatic heterocycles. The molecule has 0 fully saturated rings. The highest BCUT2D eigenvalue weighted by Gasteiger charge is 2.12. The molecule has 3 heterocycles. The van der Waals surface area contributed by atoms with Crippen molar-refractivity contribution in [3.8, 4) is 11.5 Å². The van der Waals surface area contributed by atoms with Crippen LogP contribution in [-0.2, 0) is 0 Å². The summed E-state index contributed by atoms with van der Waals surface area (Å²) in [6.07, 6.45) is 1.70. The average molecular weight is 335 g/mol. The molecule has 126 valence electrons. The minimum Gasteiger partial charge on any atom is -0.339 e. The van der Waals surface area contributed by atoms with E-state index in [1.54, 1.807) is 6.33 Å². The van der Waals surface area contributed by atoms with Crippen LogP contribution in [0, 0.1) is 0 Å². The second-order valence-corrected chi connectivity index (χ2v) is 6.00. The van der Waals surface area contributed by atoms with Crippen molar-refractivity contribution in [1.29, 1.82) is 0 Å². The van der Waals surface area contributed by atoms with Crippen LogP contribution in [0.4, 0.5) is 11.5 Å². The molecule has 0 aliphatic carbocycles. The topological polar surface area (TPSA) is 104 Å². The number of anilines is 2.